The van der Waals surface area contributed by atoms with Gasteiger partial charge in [-0.3, -0.25) is 0 Å². The Hall–Kier alpha value is -1.12. The van der Waals surface area contributed by atoms with Crippen molar-refractivity contribution in [3.63, 3.8) is 0 Å². The second-order valence-corrected chi connectivity index (χ2v) is 4.82. The average molecular weight is 221 g/mol. The third kappa shape index (κ3) is 4.60. The van der Waals surface area contributed by atoms with Gasteiger partial charge in [0.15, 0.2) is 0 Å². The van der Waals surface area contributed by atoms with Crippen molar-refractivity contribution in [1.82, 2.24) is 9.97 Å². The van der Waals surface area contributed by atoms with Crippen molar-refractivity contribution in [3.8, 4) is 0 Å². The molecule has 0 aliphatic rings. The first-order valence-corrected chi connectivity index (χ1v) is 6.19. The van der Waals surface area contributed by atoms with Gasteiger partial charge in [0.1, 0.15) is 12.1 Å². The molecule has 1 heterocycles. The number of nitrogens with zero attached hydrogens (tertiary/aromatic N) is 2. The number of aromatic nitrogens is 2. The molecule has 0 amide bonds. The molecule has 1 atom stereocenters. The summed E-state index contributed by atoms with van der Waals surface area (Å²) in [5.74, 6) is 1.66. The van der Waals surface area contributed by atoms with Gasteiger partial charge in [-0.25, -0.2) is 9.97 Å². The van der Waals surface area contributed by atoms with E-state index in [-0.39, 0.29) is 0 Å². The Morgan fingerprint density at radius 1 is 1.25 bits per heavy atom. The standard InChI is InChI=1S/C13H23N3/c1-5-6-12-8-13(15-9-14-12)16-11(4)7-10(2)3/h8-11H,5-7H2,1-4H3,(H,14,15,16). The maximum atomic E-state index is 4.25. The predicted molar refractivity (Wildman–Crippen MR) is 68.6 cm³/mol. The van der Waals surface area contributed by atoms with Gasteiger partial charge in [-0.15, -0.1) is 0 Å². The van der Waals surface area contributed by atoms with Crippen LogP contribution in [0.15, 0.2) is 12.4 Å². The Morgan fingerprint density at radius 2 is 2.00 bits per heavy atom. The topological polar surface area (TPSA) is 37.8 Å². The van der Waals surface area contributed by atoms with Crippen molar-refractivity contribution in [2.75, 3.05) is 5.32 Å². The van der Waals surface area contributed by atoms with Crippen LogP contribution in [0.4, 0.5) is 5.82 Å². The molecule has 0 fully saturated rings. The van der Waals surface area contributed by atoms with Crippen molar-refractivity contribution in [1.29, 1.82) is 0 Å². The molecule has 90 valence electrons. The zero-order valence-electron chi connectivity index (χ0n) is 10.8. The van der Waals surface area contributed by atoms with E-state index in [1.807, 2.05) is 0 Å². The van der Waals surface area contributed by atoms with E-state index in [0.717, 1.165) is 30.8 Å². The third-order valence-electron chi connectivity index (χ3n) is 2.45. The lowest BCUT2D eigenvalue weighted by molar-refractivity contribution is 0.538. The van der Waals surface area contributed by atoms with Gasteiger partial charge in [-0.1, -0.05) is 27.2 Å². The number of nitrogens with one attached hydrogen (secondary N) is 1. The Balaban J connectivity index is 2.55. The maximum absolute atomic E-state index is 4.25. The average Bonchev–Trinajstić information content (AvgIpc) is 2.17. The summed E-state index contributed by atoms with van der Waals surface area (Å²) < 4.78 is 0. The van der Waals surface area contributed by atoms with E-state index in [0.29, 0.717) is 12.0 Å². The fourth-order valence-electron chi connectivity index (χ4n) is 1.89. The van der Waals surface area contributed by atoms with E-state index in [9.17, 15) is 0 Å². The molecule has 0 radical (unpaired) electrons. The zero-order valence-corrected chi connectivity index (χ0v) is 10.8. The summed E-state index contributed by atoms with van der Waals surface area (Å²) in [6.07, 6.45) is 4.95. The van der Waals surface area contributed by atoms with Gasteiger partial charge >= 0.3 is 0 Å². The van der Waals surface area contributed by atoms with Crippen LogP contribution in [-0.4, -0.2) is 16.0 Å². The van der Waals surface area contributed by atoms with Crippen molar-refractivity contribution in [2.24, 2.45) is 5.92 Å². The smallest absolute Gasteiger partial charge is 0.129 e. The summed E-state index contributed by atoms with van der Waals surface area (Å²) >= 11 is 0. The first-order chi connectivity index (χ1) is 7.61. The normalized spacial score (nSPS) is 12.8. The molecule has 1 N–H and O–H groups in total. The van der Waals surface area contributed by atoms with E-state index in [4.69, 9.17) is 0 Å². The molecular weight excluding hydrogens is 198 g/mol. The molecule has 0 saturated carbocycles. The van der Waals surface area contributed by atoms with Crippen molar-refractivity contribution >= 4 is 5.82 Å². The maximum Gasteiger partial charge on any atom is 0.129 e. The second kappa shape index (κ2) is 6.46. The molecular formula is C13H23N3. The number of rotatable bonds is 6. The van der Waals surface area contributed by atoms with Crippen LogP contribution in [0.3, 0.4) is 0 Å². The molecule has 0 aromatic carbocycles. The van der Waals surface area contributed by atoms with Gasteiger partial charge in [-0.05, 0) is 25.7 Å². The van der Waals surface area contributed by atoms with Crippen LogP contribution in [-0.2, 0) is 6.42 Å². The number of aryl methyl sites for hydroxylation is 1. The van der Waals surface area contributed by atoms with Gasteiger partial charge in [0.2, 0.25) is 0 Å². The van der Waals surface area contributed by atoms with Crippen LogP contribution in [0, 0.1) is 5.92 Å². The molecule has 1 unspecified atom stereocenters. The first-order valence-electron chi connectivity index (χ1n) is 6.19. The second-order valence-electron chi connectivity index (χ2n) is 4.82. The monoisotopic (exact) mass is 221 g/mol. The first kappa shape index (κ1) is 12.9. The number of hydrogen-bond donors (Lipinski definition) is 1. The van der Waals surface area contributed by atoms with Gasteiger partial charge in [-0.2, -0.15) is 0 Å². The molecule has 0 saturated heterocycles. The Bertz CT molecular complexity index is 310. The van der Waals surface area contributed by atoms with Gasteiger partial charge in [0.05, 0.1) is 0 Å². The zero-order chi connectivity index (χ0) is 12.0. The largest absolute Gasteiger partial charge is 0.368 e. The molecule has 0 spiro atoms. The van der Waals surface area contributed by atoms with Gasteiger partial charge < -0.3 is 5.32 Å². The van der Waals surface area contributed by atoms with E-state index in [2.05, 4.69) is 49.0 Å². The lowest BCUT2D eigenvalue weighted by Crippen LogP contribution is -2.18. The Morgan fingerprint density at radius 3 is 2.62 bits per heavy atom. The fraction of sp³-hybridized carbons (Fsp3) is 0.692. The fourth-order valence-corrected chi connectivity index (χ4v) is 1.89. The highest BCUT2D eigenvalue weighted by atomic mass is 15.0. The molecule has 0 aliphatic carbocycles. The van der Waals surface area contributed by atoms with E-state index >= 15 is 0 Å². The molecule has 3 nitrogen and oxygen atoms in total. The highest BCUT2D eigenvalue weighted by Gasteiger charge is 2.06. The van der Waals surface area contributed by atoms with E-state index < -0.39 is 0 Å². The molecule has 16 heavy (non-hydrogen) atoms. The predicted octanol–water partition coefficient (Wildman–Crippen LogP) is 3.28. The molecule has 3 heteroatoms. The summed E-state index contributed by atoms with van der Waals surface area (Å²) in [5.41, 5.74) is 1.12. The molecule has 0 bridgehead atoms. The van der Waals surface area contributed by atoms with Crippen molar-refractivity contribution < 1.29 is 0 Å². The van der Waals surface area contributed by atoms with Gasteiger partial charge in [0, 0.05) is 17.8 Å². The summed E-state index contributed by atoms with van der Waals surface area (Å²) in [6.45, 7) is 8.83. The SMILES string of the molecule is CCCc1cc(NC(C)CC(C)C)ncn1. The van der Waals surface area contributed by atoms with Crippen molar-refractivity contribution in [3.05, 3.63) is 18.1 Å². The van der Waals surface area contributed by atoms with Crippen LogP contribution in [0.1, 0.15) is 46.2 Å². The summed E-state index contributed by atoms with van der Waals surface area (Å²) in [6, 6.07) is 2.52. The Labute approximate surface area is 98.7 Å². The van der Waals surface area contributed by atoms with Crippen LogP contribution in [0.25, 0.3) is 0 Å². The van der Waals surface area contributed by atoms with Crippen LogP contribution in [0.5, 0.6) is 0 Å². The summed E-state index contributed by atoms with van der Waals surface area (Å²) in [4.78, 5) is 8.49. The highest BCUT2D eigenvalue weighted by Crippen LogP contribution is 2.11. The molecule has 0 aliphatic heterocycles. The van der Waals surface area contributed by atoms with Crippen LogP contribution in [0.2, 0.25) is 0 Å². The minimum atomic E-state index is 0.462. The summed E-state index contributed by atoms with van der Waals surface area (Å²) in [5, 5.41) is 3.42. The quantitative estimate of drug-likeness (QED) is 0.801. The minimum Gasteiger partial charge on any atom is -0.368 e. The van der Waals surface area contributed by atoms with Crippen LogP contribution >= 0.6 is 0 Å². The Kier molecular flexibility index (Phi) is 5.23. The van der Waals surface area contributed by atoms with Crippen molar-refractivity contribution in [2.45, 2.75) is 53.0 Å². The molecule has 1 aromatic heterocycles. The third-order valence-corrected chi connectivity index (χ3v) is 2.45. The van der Waals surface area contributed by atoms with E-state index in [1.165, 1.54) is 0 Å². The number of hydrogen-bond acceptors (Lipinski definition) is 3. The highest BCUT2D eigenvalue weighted by molar-refractivity contribution is 5.35. The molecule has 1 rings (SSSR count). The lowest BCUT2D eigenvalue weighted by atomic mass is 10.1. The minimum absolute atomic E-state index is 0.462. The molecule has 1 aromatic rings. The lowest BCUT2D eigenvalue weighted by Gasteiger charge is -2.16. The summed E-state index contributed by atoms with van der Waals surface area (Å²) in [7, 11) is 0. The van der Waals surface area contributed by atoms with Crippen LogP contribution < -0.4 is 5.32 Å². The van der Waals surface area contributed by atoms with Gasteiger partial charge in [0.25, 0.3) is 0 Å². The number of anilines is 1. The van der Waals surface area contributed by atoms with E-state index in [1.54, 1.807) is 6.33 Å².